The number of benzene rings is 3. The summed E-state index contributed by atoms with van der Waals surface area (Å²) in [5.74, 6) is 1.23. The topological polar surface area (TPSA) is 53.3 Å². The van der Waals surface area contributed by atoms with Crippen LogP contribution in [0.1, 0.15) is 0 Å². The Bertz CT molecular complexity index is 1270. The summed E-state index contributed by atoms with van der Waals surface area (Å²) in [6.07, 6.45) is 0. The molecule has 0 amide bonds. The van der Waals surface area contributed by atoms with Crippen molar-refractivity contribution >= 4 is 34.3 Å². The van der Waals surface area contributed by atoms with Gasteiger partial charge in [-0.05, 0) is 60.7 Å². The van der Waals surface area contributed by atoms with Gasteiger partial charge in [0.25, 0.3) is 5.56 Å². The first-order valence-corrected chi connectivity index (χ1v) is 11.0. The minimum Gasteiger partial charge on any atom is -0.493 e. The lowest BCUT2D eigenvalue weighted by atomic mass is 10.2. The summed E-state index contributed by atoms with van der Waals surface area (Å²) < 4.78 is 36.5. The van der Waals surface area contributed by atoms with E-state index in [-0.39, 0.29) is 11.3 Å². The Hall–Kier alpha value is -3.10. The van der Waals surface area contributed by atoms with Crippen molar-refractivity contribution in [1.82, 2.24) is 9.55 Å². The van der Waals surface area contributed by atoms with Crippen LogP contribution >= 0.6 is 23.4 Å². The molecule has 9 heteroatoms. The summed E-state index contributed by atoms with van der Waals surface area (Å²) in [6, 6.07) is 20.0. The highest BCUT2D eigenvalue weighted by atomic mass is 35.5. The van der Waals surface area contributed by atoms with E-state index in [1.54, 1.807) is 54.6 Å². The van der Waals surface area contributed by atoms with Crippen LogP contribution in [0, 0.1) is 0 Å². The molecule has 4 aromatic rings. The number of halogens is 3. The third kappa shape index (κ3) is 5.20. The molecule has 0 atom stereocenters. The van der Waals surface area contributed by atoms with Crippen LogP contribution in [-0.4, -0.2) is 28.5 Å². The van der Waals surface area contributed by atoms with E-state index in [0.29, 0.717) is 44.9 Å². The summed E-state index contributed by atoms with van der Waals surface area (Å²) >= 11 is 7.24. The molecule has 0 saturated carbocycles. The van der Waals surface area contributed by atoms with E-state index in [1.807, 2.05) is 6.07 Å². The van der Waals surface area contributed by atoms with E-state index in [2.05, 4.69) is 9.72 Å². The first-order valence-electron chi connectivity index (χ1n) is 9.59. The Balaban J connectivity index is 1.60. The van der Waals surface area contributed by atoms with Crippen molar-refractivity contribution < 1.29 is 18.3 Å². The summed E-state index contributed by atoms with van der Waals surface area (Å²) in [7, 11) is 0. The van der Waals surface area contributed by atoms with Gasteiger partial charge in [0.15, 0.2) is 5.16 Å². The van der Waals surface area contributed by atoms with E-state index in [0.717, 1.165) is 0 Å². The van der Waals surface area contributed by atoms with Gasteiger partial charge in [-0.1, -0.05) is 35.5 Å². The van der Waals surface area contributed by atoms with Gasteiger partial charge >= 0.3 is 6.61 Å². The second-order valence-electron chi connectivity index (χ2n) is 6.58. The molecule has 0 saturated heterocycles. The van der Waals surface area contributed by atoms with Crippen molar-refractivity contribution in [3.63, 3.8) is 0 Å². The van der Waals surface area contributed by atoms with Crippen molar-refractivity contribution in [2.45, 2.75) is 11.8 Å². The zero-order valence-corrected chi connectivity index (χ0v) is 18.2. The predicted molar refractivity (Wildman–Crippen MR) is 122 cm³/mol. The maximum atomic E-state index is 13.2. The van der Waals surface area contributed by atoms with Gasteiger partial charge in [0, 0.05) is 10.8 Å². The molecule has 0 aliphatic rings. The number of aromatic nitrogens is 2. The van der Waals surface area contributed by atoms with Gasteiger partial charge in [0.05, 0.1) is 23.2 Å². The lowest BCUT2D eigenvalue weighted by Gasteiger charge is -2.14. The molecular formula is C23H17ClF2N2O3S. The average Bonchev–Trinajstić information content (AvgIpc) is 2.78. The first kappa shape index (κ1) is 22.1. The Morgan fingerprint density at radius 1 is 0.969 bits per heavy atom. The Morgan fingerprint density at radius 3 is 2.38 bits per heavy atom. The van der Waals surface area contributed by atoms with Gasteiger partial charge in [-0.3, -0.25) is 9.36 Å². The van der Waals surface area contributed by atoms with Crippen molar-refractivity contribution in [3.8, 4) is 17.2 Å². The lowest BCUT2D eigenvalue weighted by molar-refractivity contribution is -0.0498. The number of para-hydroxylation sites is 1. The van der Waals surface area contributed by atoms with E-state index in [1.165, 1.54) is 28.5 Å². The molecule has 0 radical (unpaired) electrons. The van der Waals surface area contributed by atoms with Crippen LogP contribution in [0.25, 0.3) is 16.6 Å². The number of alkyl halides is 2. The fourth-order valence-corrected chi connectivity index (χ4v) is 3.99. The van der Waals surface area contributed by atoms with Crippen LogP contribution in [0.2, 0.25) is 5.02 Å². The van der Waals surface area contributed by atoms with Crippen molar-refractivity contribution in [2.75, 3.05) is 12.4 Å². The van der Waals surface area contributed by atoms with Crippen LogP contribution in [0.4, 0.5) is 8.78 Å². The maximum absolute atomic E-state index is 13.2. The van der Waals surface area contributed by atoms with Crippen LogP contribution < -0.4 is 15.0 Å². The van der Waals surface area contributed by atoms with Crippen molar-refractivity contribution in [1.29, 1.82) is 0 Å². The molecule has 0 spiro atoms. The number of rotatable bonds is 8. The molecule has 164 valence electrons. The third-order valence-electron chi connectivity index (χ3n) is 4.46. The molecule has 0 unspecified atom stereocenters. The number of hydrogen-bond donors (Lipinski definition) is 0. The Kier molecular flexibility index (Phi) is 6.92. The number of ether oxygens (including phenoxy) is 2. The standard InChI is InChI=1S/C23H17ClF2N2O3S/c24-15-5-9-17(10-6-15)30-13-14-32-23-27-20-4-2-1-3-19(20)21(29)28(23)16-7-11-18(12-8-16)31-22(25)26/h1-12,22H,13-14H2. The molecule has 3 aromatic carbocycles. The minimum atomic E-state index is -2.92. The van der Waals surface area contributed by atoms with E-state index < -0.39 is 6.61 Å². The minimum absolute atomic E-state index is 0.0103. The highest BCUT2D eigenvalue weighted by Gasteiger charge is 2.14. The zero-order valence-electron chi connectivity index (χ0n) is 16.6. The monoisotopic (exact) mass is 474 g/mol. The molecule has 0 fully saturated rings. The molecular weight excluding hydrogens is 458 g/mol. The third-order valence-corrected chi connectivity index (χ3v) is 5.62. The molecule has 0 aliphatic carbocycles. The van der Waals surface area contributed by atoms with Crippen LogP contribution in [-0.2, 0) is 0 Å². The molecule has 1 heterocycles. The fourth-order valence-electron chi connectivity index (χ4n) is 3.04. The van der Waals surface area contributed by atoms with Crippen LogP contribution in [0.3, 0.4) is 0 Å². The number of hydrogen-bond acceptors (Lipinski definition) is 5. The van der Waals surface area contributed by atoms with E-state index in [9.17, 15) is 13.6 Å². The first-order chi connectivity index (χ1) is 15.5. The predicted octanol–water partition coefficient (Wildman–Crippen LogP) is 5.81. The Morgan fingerprint density at radius 2 is 1.66 bits per heavy atom. The summed E-state index contributed by atoms with van der Waals surface area (Å²) in [4.78, 5) is 17.9. The van der Waals surface area contributed by atoms with Crippen molar-refractivity contribution in [2.24, 2.45) is 0 Å². The molecule has 0 aliphatic heterocycles. The molecule has 0 bridgehead atoms. The lowest BCUT2D eigenvalue weighted by Crippen LogP contribution is -2.22. The Labute approximate surface area is 191 Å². The summed E-state index contributed by atoms with van der Waals surface area (Å²) in [5, 5.41) is 1.55. The molecule has 5 nitrogen and oxygen atoms in total. The smallest absolute Gasteiger partial charge is 0.387 e. The molecule has 4 rings (SSSR count). The average molecular weight is 475 g/mol. The van der Waals surface area contributed by atoms with Crippen LogP contribution in [0.5, 0.6) is 11.5 Å². The molecule has 1 aromatic heterocycles. The van der Waals surface area contributed by atoms with E-state index >= 15 is 0 Å². The number of nitrogens with zero attached hydrogens (tertiary/aromatic N) is 2. The number of thioether (sulfide) groups is 1. The molecule has 32 heavy (non-hydrogen) atoms. The second kappa shape index (κ2) is 10.0. The maximum Gasteiger partial charge on any atom is 0.387 e. The van der Waals surface area contributed by atoms with Gasteiger partial charge in [0.1, 0.15) is 11.5 Å². The summed E-state index contributed by atoms with van der Waals surface area (Å²) in [6.45, 7) is -2.53. The van der Waals surface area contributed by atoms with Gasteiger partial charge in [-0.2, -0.15) is 8.78 Å². The molecule has 0 N–H and O–H groups in total. The van der Waals surface area contributed by atoms with E-state index in [4.69, 9.17) is 16.3 Å². The normalized spacial score (nSPS) is 11.1. The van der Waals surface area contributed by atoms with Gasteiger partial charge in [-0.25, -0.2) is 4.98 Å². The highest BCUT2D eigenvalue weighted by Crippen LogP contribution is 2.24. The van der Waals surface area contributed by atoms with Gasteiger partial charge in [-0.15, -0.1) is 0 Å². The SMILES string of the molecule is O=c1c2ccccc2nc(SCCOc2ccc(Cl)cc2)n1-c1ccc(OC(F)F)cc1. The van der Waals surface area contributed by atoms with Gasteiger partial charge in [0.2, 0.25) is 0 Å². The van der Waals surface area contributed by atoms with Crippen LogP contribution in [0.15, 0.2) is 82.7 Å². The van der Waals surface area contributed by atoms with Gasteiger partial charge < -0.3 is 9.47 Å². The zero-order chi connectivity index (χ0) is 22.5. The number of fused-ring (bicyclic) bond motifs is 1. The fraction of sp³-hybridized carbons (Fsp3) is 0.130. The summed E-state index contributed by atoms with van der Waals surface area (Å²) in [5.41, 5.74) is 0.822. The largest absolute Gasteiger partial charge is 0.493 e. The highest BCUT2D eigenvalue weighted by molar-refractivity contribution is 7.99. The quantitative estimate of drug-likeness (QED) is 0.183. The second-order valence-corrected chi connectivity index (χ2v) is 8.07. The van der Waals surface area contributed by atoms with Crippen molar-refractivity contribution in [3.05, 3.63) is 88.2 Å².